The summed E-state index contributed by atoms with van der Waals surface area (Å²) in [5.41, 5.74) is 2.80. The average molecular weight is 487 g/mol. The van der Waals surface area contributed by atoms with E-state index in [9.17, 15) is 14.7 Å². The van der Waals surface area contributed by atoms with E-state index in [2.05, 4.69) is 4.90 Å². The summed E-state index contributed by atoms with van der Waals surface area (Å²) in [5, 5.41) is 0. The molecule has 3 rings (SSSR count). The van der Waals surface area contributed by atoms with Gasteiger partial charge in [-0.25, -0.2) is 0 Å². The molecule has 0 aliphatic carbocycles. The maximum atomic E-state index is 10.7. The Labute approximate surface area is 239 Å². The van der Waals surface area contributed by atoms with E-state index in [1.54, 1.807) is 14.2 Å². The van der Waals surface area contributed by atoms with Crippen molar-refractivity contribution in [3.8, 4) is 17.2 Å². The Balaban J connectivity index is 0.00000272. The molecule has 3 aromatic rings. The van der Waals surface area contributed by atoms with Gasteiger partial charge in [0.15, 0.2) is 0 Å². The monoisotopic (exact) mass is 487 g/mol. The van der Waals surface area contributed by atoms with E-state index in [-0.39, 0.29) is 72.1 Å². The van der Waals surface area contributed by atoms with E-state index in [1.807, 2.05) is 72.8 Å². The van der Waals surface area contributed by atoms with E-state index >= 15 is 0 Å². The van der Waals surface area contributed by atoms with Crippen LogP contribution < -0.4 is 92.9 Å². The fourth-order valence-corrected chi connectivity index (χ4v) is 3.57. The molecule has 0 saturated carbocycles. The first-order chi connectivity index (χ1) is 14.9. The second-order valence-electron chi connectivity index (χ2n) is 6.76. The molecule has 0 radical (unpaired) electrons. The predicted molar refractivity (Wildman–Crippen MR) is 116 cm³/mol. The molecule has 0 saturated heterocycles. The number of benzene rings is 3. The minimum Gasteiger partial charge on any atom is -0.688 e. The Morgan fingerprint density at radius 2 is 1.00 bits per heavy atom. The van der Waals surface area contributed by atoms with Crippen LogP contribution in [0.4, 0.5) is 17.1 Å². The van der Waals surface area contributed by atoms with Gasteiger partial charge in [-0.1, -0.05) is 0 Å². The largest absolute Gasteiger partial charge is 1.00 e. The molecule has 0 aliphatic rings. The Morgan fingerprint density at radius 3 is 1.33 bits per heavy atom. The van der Waals surface area contributed by atoms with E-state index in [0.29, 0.717) is 5.75 Å². The third-order valence-corrected chi connectivity index (χ3v) is 5.47. The molecule has 0 heterocycles. The Kier molecular flexibility index (Phi) is 13.3. The molecule has 0 aromatic heterocycles. The van der Waals surface area contributed by atoms with Crippen molar-refractivity contribution in [2.45, 2.75) is 6.42 Å². The predicted octanol–water partition coefficient (Wildman–Crippen LogP) is -3.21. The summed E-state index contributed by atoms with van der Waals surface area (Å²) in [4.78, 5) is 34.2. The summed E-state index contributed by atoms with van der Waals surface area (Å²) in [6, 6.07) is 22.9. The third-order valence-electron chi connectivity index (χ3n) is 4.60. The Morgan fingerprint density at radius 1 is 0.636 bits per heavy atom. The van der Waals surface area contributed by atoms with E-state index in [1.165, 1.54) is 0 Å². The van der Waals surface area contributed by atoms with Crippen molar-refractivity contribution < 1.29 is 88.0 Å². The van der Waals surface area contributed by atoms with Crippen LogP contribution in [0.25, 0.3) is 0 Å². The van der Waals surface area contributed by atoms with Gasteiger partial charge >= 0.3 is 59.1 Å². The number of anilines is 3. The quantitative estimate of drug-likeness (QED) is 0.169. The molecule has 0 spiro atoms. The van der Waals surface area contributed by atoms with Crippen LogP contribution in [-0.2, 0) is 0 Å². The summed E-state index contributed by atoms with van der Waals surface area (Å²) in [6.07, 6.45) is -0.246. The number of ether oxygens (including phenoxy) is 3. The van der Waals surface area contributed by atoms with Crippen molar-refractivity contribution in [2.24, 2.45) is 0 Å². The number of hydrogen-bond acceptors (Lipinski definition) is 7. The standard InChI is InChI=1S/C23H26NO6P.2Na/c1-28-21-10-4-18(5-11-21)24(19-6-12-22(29-2)13-7-19)20-8-14-23(15-9-20)30-16-3-17-31(25,26)27;;/h4-15H,3,16-17H2,1-2H3,(H2,25,26,27);;/q;2*+1/p-2. The van der Waals surface area contributed by atoms with Gasteiger partial charge in [-0.15, -0.1) is 0 Å². The van der Waals surface area contributed by atoms with Crippen molar-refractivity contribution in [3.05, 3.63) is 72.8 Å². The maximum Gasteiger partial charge on any atom is 1.00 e. The fraction of sp³-hybridized carbons (Fsp3) is 0.217. The Bertz CT molecular complexity index is 903. The average Bonchev–Trinajstić information content (AvgIpc) is 2.78. The van der Waals surface area contributed by atoms with Crippen molar-refractivity contribution in [3.63, 3.8) is 0 Å². The first kappa shape index (κ1) is 30.2. The first-order valence-corrected chi connectivity index (χ1v) is 11.4. The smallest absolute Gasteiger partial charge is 0.688 e. The minimum absolute atomic E-state index is 0. The zero-order chi connectivity index (χ0) is 22.3. The van der Waals surface area contributed by atoms with Crippen molar-refractivity contribution in [2.75, 3.05) is 31.9 Å². The van der Waals surface area contributed by atoms with Crippen LogP contribution in [0.15, 0.2) is 72.8 Å². The molecule has 0 aliphatic heterocycles. The van der Waals surface area contributed by atoms with Gasteiger partial charge in [0.05, 0.1) is 20.8 Å². The maximum absolute atomic E-state index is 10.7. The summed E-state index contributed by atoms with van der Waals surface area (Å²) in [5.74, 6) is 2.13. The second kappa shape index (κ2) is 14.5. The third kappa shape index (κ3) is 9.38. The molecule has 0 N–H and O–H groups in total. The van der Waals surface area contributed by atoms with Crippen LogP contribution >= 0.6 is 7.94 Å². The van der Waals surface area contributed by atoms with Gasteiger partial charge in [0.2, 0.25) is 0 Å². The molecule has 10 heteroatoms. The van der Waals surface area contributed by atoms with Crippen LogP contribution in [0.1, 0.15) is 6.42 Å². The van der Waals surface area contributed by atoms with Gasteiger partial charge in [-0.3, -0.25) is 0 Å². The minimum atomic E-state index is -4.49. The van der Waals surface area contributed by atoms with Gasteiger partial charge in [0.1, 0.15) is 17.2 Å². The normalized spacial score (nSPS) is 10.5. The molecular formula is C23H24NNa2O6P. The fourth-order valence-electron chi connectivity index (χ4n) is 3.05. The molecule has 33 heavy (non-hydrogen) atoms. The summed E-state index contributed by atoms with van der Waals surface area (Å²) >= 11 is 0. The number of hydrogen-bond donors (Lipinski definition) is 0. The molecule has 0 amide bonds. The van der Waals surface area contributed by atoms with Crippen LogP contribution in [0.2, 0.25) is 0 Å². The van der Waals surface area contributed by atoms with Crippen LogP contribution in [0.3, 0.4) is 0 Å². The van der Waals surface area contributed by atoms with E-state index < -0.39 is 14.1 Å². The summed E-state index contributed by atoms with van der Waals surface area (Å²) < 4.78 is 16.1. The summed E-state index contributed by atoms with van der Waals surface area (Å²) in [7, 11) is -1.24. The molecule has 0 unspecified atom stereocenters. The molecular weight excluding hydrogens is 463 g/mol. The molecule has 7 nitrogen and oxygen atoms in total. The molecule has 3 aromatic carbocycles. The first-order valence-electron chi connectivity index (χ1n) is 9.72. The van der Waals surface area contributed by atoms with Crippen molar-refractivity contribution >= 4 is 25.0 Å². The van der Waals surface area contributed by atoms with E-state index in [0.717, 1.165) is 28.6 Å². The number of nitrogens with zero attached hydrogens (tertiary/aromatic N) is 1. The Hall–Kier alpha value is -0.830. The van der Waals surface area contributed by atoms with E-state index in [4.69, 9.17) is 14.2 Å². The summed E-state index contributed by atoms with van der Waals surface area (Å²) in [6.45, 7) is 0.161. The van der Waals surface area contributed by atoms with Crippen molar-refractivity contribution in [1.29, 1.82) is 0 Å². The van der Waals surface area contributed by atoms with Crippen LogP contribution in [0, 0.1) is 0 Å². The topological polar surface area (TPSA) is 100 Å². The second-order valence-corrected chi connectivity index (χ2v) is 8.43. The van der Waals surface area contributed by atoms with Crippen molar-refractivity contribution in [1.82, 2.24) is 0 Å². The van der Waals surface area contributed by atoms with Gasteiger partial charge < -0.3 is 33.8 Å². The molecule has 0 atom stereocenters. The number of rotatable bonds is 10. The zero-order valence-corrected chi connectivity index (χ0v) is 24.3. The van der Waals surface area contributed by atoms with Gasteiger partial charge in [0.25, 0.3) is 0 Å². The molecule has 0 fully saturated rings. The molecule has 0 bridgehead atoms. The zero-order valence-electron chi connectivity index (χ0n) is 19.4. The van der Waals surface area contributed by atoms with Gasteiger partial charge in [-0.2, -0.15) is 7.94 Å². The van der Waals surface area contributed by atoms with Gasteiger partial charge in [-0.05, 0) is 72.8 Å². The SMILES string of the molecule is COc1ccc(N(c2ccc(OC)cc2)c2ccc(OCCC[P+]([O-])([O-])[O-])cc2)cc1.[Na+].[Na+]. The molecule has 164 valence electrons. The van der Waals surface area contributed by atoms with Gasteiger partial charge in [0, 0.05) is 29.6 Å². The van der Waals surface area contributed by atoms with Crippen LogP contribution in [0.5, 0.6) is 17.2 Å². The number of methoxy groups -OCH3 is 2. The van der Waals surface area contributed by atoms with Crippen LogP contribution in [-0.4, -0.2) is 27.0 Å².